The van der Waals surface area contributed by atoms with E-state index in [0.717, 1.165) is 38.3 Å². The quantitative estimate of drug-likeness (QED) is 0.807. The van der Waals surface area contributed by atoms with Crippen LogP contribution in [-0.4, -0.2) is 37.7 Å². The summed E-state index contributed by atoms with van der Waals surface area (Å²) in [6.45, 7) is 13.3. The Labute approximate surface area is 122 Å². The lowest BCUT2D eigenvalue weighted by Gasteiger charge is -2.35. The predicted molar refractivity (Wildman–Crippen MR) is 84.2 cm³/mol. The van der Waals surface area contributed by atoms with Gasteiger partial charge < -0.3 is 10.1 Å². The van der Waals surface area contributed by atoms with Gasteiger partial charge in [0.2, 0.25) is 0 Å². The SMILES string of the molecule is C=C(C)C[C@@H](c1cccc(OCC)c1)N1CCNCC1. The fraction of sp³-hybridized carbons (Fsp3) is 0.529. The van der Waals surface area contributed by atoms with Crippen LogP contribution in [0.25, 0.3) is 0 Å². The Bertz CT molecular complexity index is 438. The van der Waals surface area contributed by atoms with Gasteiger partial charge in [0.1, 0.15) is 5.75 Å². The number of nitrogens with zero attached hydrogens (tertiary/aromatic N) is 1. The topological polar surface area (TPSA) is 24.5 Å². The molecule has 3 heteroatoms. The van der Waals surface area contributed by atoms with E-state index in [0.29, 0.717) is 12.6 Å². The van der Waals surface area contributed by atoms with E-state index < -0.39 is 0 Å². The number of rotatable bonds is 6. The van der Waals surface area contributed by atoms with E-state index in [9.17, 15) is 0 Å². The minimum atomic E-state index is 0.412. The summed E-state index contributed by atoms with van der Waals surface area (Å²) in [5.41, 5.74) is 2.57. The van der Waals surface area contributed by atoms with Crippen LogP contribution < -0.4 is 10.1 Å². The first-order valence-electron chi connectivity index (χ1n) is 7.52. The van der Waals surface area contributed by atoms with Gasteiger partial charge in [0.25, 0.3) is 0 Å². The third-order valence-corrected chi connectivity index (χ3v) is 3.69. The molecule has 0 bridgehead atoms. The Hall–Kier alpha value is -1.32. The minimum absolute atomic E-state index is 0.412. The molecule has 0 aliphatic carbocycles. The van der Waals surface area contributed by atoms with Gasteiger partial charge in [0.05, 0.1) is 6.61 Å². The second kappa shape index (κ2) is 7.46. The van der Waals surface area contributed by atoms with Crippen molar-refractivity contribution in [3.8, 4) is 5.75 Å². The molecule has 1 N–H and O–H groups in total. The minimum Gasteiger partial charge on any atom is -0.494 e. The van der Waals surface area contributed by atoms with Crippen molar-refractivity contribution in [2.75, 3.05) is 32.8 Å². The highest BCUT2D eigenvalue weighted by molar-refractivity contribution is 5.31. The maximum Gasteiger partial charge on any atom is 0.119 e. The first-order valence-corrected chi connectivity index (χ1v) is 7.52. The van der Waals surface area contributed by atoms with E-state index in [-0.39, 0.29) is 0 Å². The molecular weight excluding hydrogens is 248 g/mol. The molecule has 1 aliphatic heterocycles. The van der Waals surface area contributed by atoms with Crippen LogP contribution in [0.15, 0.2) is 36.4 Å². The summed E-state index contributed by atoms with van der Waals surface area (Å²) in [5.74, 6) is 0.965. The Balaban J connectivity index is 2.20. The van der Waals surface area contributed by atoms with Crippen molar-refractivity contribution in [2.45, 2.75) is 26.3 Å². The Kier molecular flexibility index (Phi) is 5.62. The fourth-order valence-electron chi connectivity index (χ4n) is 2.76. The highest BCUT2D eigenvalue weighted by Crippen LogP contribution is 2.29. The average molecular weight is 274 g/mol. The number of benzene rings is 1. The zero-order valence-electron chi connectivity index (χ0n) is 12.7. The molecule has 0 aromatic heterocycles. The molecule has 1 aromatic carbocycles. The van der Waals surface area contributed by atoms with Gasteiger partial charge in [-0.2, -0.15) is 0 Å². The lowest BCUT2D eigenvalue weighted by atomic mass is 9.98. The van der Waals surface area contributed by atoms with Gasteiger partial charge in [0.15, 0.2) is 0 Å². The van der Waals surface area contributed by atoms with Crippen LogP contribution >= 0.6 is 0 Å². The molecule has 1 aromatic rings. The Morgan fingerprint density at radius 2 is 2.15 bits per heavy atom. The van der Waals surface area contributed by atoms with Crippen molar-refractivity contribution in [3.63, 3.8) is 0 Å². The van der Waals surface area contributed by atoms with E-state index >= 15 is 0 Å². The zero-order chi connectivity index (χ0) is 14.4. The van der Waals surface area contributed by atoms with Gasteiger partial charge in [0, 0.05) is 32.2 Å². The lowest BCUT2D eigenvalue weighted by molar-refractivity contribution is 0.172. The number of ether oxygens (including phenoxy) is 1. The van der Waals surface area contributed by atoms with Gasteiger partial charge in [-0.3, -0.25) is 4.90 Å². The summed E-state index contributed by atoms with van der Waals surface area (Å²) >= 11 is 0. The first kappa shape index (κ1) is 15.1. The molecule has 0 saturated carbocycles. The molecule has 0 radical (unpaired) electrons. The monoisotopic (exact) mass is 274 g/mol. The highest BCUT2D eigenvalue weighted by atomic mass is 16.5. The second-order valence-corrected chi connectivity index (χ2v) is 5.47. The standard InChI is InChI=1S/C17H26N2O/c1-4-20-16-7-5-6-15(13-16)17(12-14(2)3)19-10-8-18-9-11-19/h5-7,13,17-18H,2,4,8-12H2,1,3H3/t17-/m0/s1. The third-order valence-electron chi connectivity index (χ3n) is 3.69. The molecule has 1 saturated heterocycles. The molecule has 0 amide bonds. The molecule has 1 aliphatic rings. The number of hydrogen-bond acceptors (Lipinski definition) is 3. The fourth-order valence-corrected chi connectivity index (χ4v) is 2.76. The summed E-state index contributed by atoms with van der Waals surface area (Å²) in [4.78, 5) is 2.55. The number of piperazine rings is 1. The van der Waals surface area contributed by atoms with Gasteiger partial charge >= 0.3 is 0 Å². The van der Waals surface area contributed by atoms with Crippen LogP contribution in [0.3, 0.4) is 0 Å². The second-order valence-electron chi connectivity index (χ2n) is 5.47. The van der Waals surface area contributed by atoms with Gasteiger partial charge in [-0.05, 0) is 38.0 Å². The Morgan fingerprint density at radius 3 is 2.80 bits per heavy atom. The van der Waals surface area contributed by atoms with Crippen molar-refractivity contribution in [3.05, 3.63) is 42.0 Å². The number of hydrogen-bond donors (Lipinski definition) is 1. The molecule has 20 heavy (non-hydrogen) atoms. The molecule has 0 spiro atoms. The molecule has 1 fully saturated rings. The normalized spacial score (nSPS) is 17.7. The van der Waals surface area contributed by atoms with Crippen molar-refractivity contribution in [1.82, 2.24) is 10.2 Å². The van der Waals surface area contributed by atoms with Gasteiger partial charge in [-0.1, -0.05) is 17.7 Å². The van der Waals surface area contributed by atoms with E-state index in [1.165, 1.54) is 11.1 Å². The molecule has 2 rings (SSSR count). The van der Waals surface area contributed by atoms with Crippen LogP contribution in [-0.2, 0) is 0 Å². The maximum absolute atomic E-state index is 5.64. The van der Waals surface area contributed by atoms with Crippen LogP contribution in [0.1, 0.15) is 31.9 Å². The smallest absolute Gasteiger partial charge is 0.119 e. The van der Waals surface area contributed by atoms with Gasteiger partial charge in [-0.15, -0.1) is 6.58 Å². The largest absolute Gasteiger partial charge is 0.494 e. The summed E-state index contributed by atoms with van der Waals surface area (Å²) in [5, 5.41) is 3.42. The summed E-state index contributed by atoms with van der Waals surface area (Å²) in [6.07, 6.45) is 1.01. The molecule has 0 unspecified atom stereocenters. The van der Waals surface area contributed by atoms with Crippen LogP contribution in [0.5, 0.6) is 5.75 Å². The maximum atomic E-state index is 5.64. The molecule has 3 nitrogen and oxygen atoms in total. The number of nitrogens with one attached hydrogen (secondary N) is 1. The van der Waals surface area contributed by atoms with Crippen molar-refractivity contribution >= 4 is 0 Å². The highest BCUT2D eigenvalue weighted by Gasteiger charge is 2.22. The van der Waals surface area contributed by atoms with E-state index in [1.54, 1.807) is 0 Å². The van der Waals surface area contributed by atoms with E-state index in [1.807, 2.05) is 13.0 Å². The summed E-state index contributed by atoms with van der Waals surface area (Å²) < 4.78 is 5.64. The van der Waals surface area contributed by atoms with Crippen molar-refractivity contribution in [2.24, 2.45) is 0 Å². The Morgan fingerprint density at radius 1 is 1.40 bits per heavy atom. The van der Waals surface area contributed by atoms with Crippen LogP contribution in [0, 0.1) is 0 Å². The van der Waals surface area contributed by atoms with E-state index in [4.69, 9.17) is 4.74 Å². The average Bonchev–Trinajstić information content (AvgIpc) is 2.46. The van der Waals surface area contributed by atoms with E-state index in [2.05, 4.69) is 41.9 Å². The summed E-state index contributed by atoms with van der Waals surface area (Å²) in [7, 11) is 0. The zero-order valence-corrected chi connectivity index (χ0v) is 12.7. The van der Waals surface area contributed by atoms with Crippen LogP contribution in [0.4, 0.5) is 0 Å². The molecule has 1 atom stereocenters. The molecular formula is C17H26N2O. The van der Waals surface area contributed by atoms with Gasteiger partial charge in [-0.25, -0.2) is 0 Å². The molecule has 1 heterocycles. The third kappa shape index (κ3) is 4.09. The summed E-state index contributed by atoms with van der Waals surface area (Å²) in [6, 6.07) is 8.92. The first-order chi connectivity index (χ1) is 9.70. The lowest BCUT2D eigenvalue weighted by Crippen LogP contribution is -2.45. The van der Waals surface area contributed by atoms with Crippen molar-refractivity contribution in [1.29, 1.82) is 0 Å². The van der Waals surface area contributed by atoms with Crippen molar-refractivity contribution < 1.29 is 4.74 Å². The predicted octanol–water partition coefficient (Wildman–Crippen LogP) is 3.00. The van der Waals surface area contributed by atoms with Crippen LogP contribution in [0.2, 0.25) is 0 Å². The molecule has 110 valence electrons.